The Morgan fingerprint density at radius 3 is 1.90 bits per heavy atom. The van der Waals surface area contributed by atoms with E-state index in [0.29, 0.717) is 43.2 Å². The Morgan fingerprint density at radius 2 is 1.43 bits per heavy atom. The number of hydrogen-bond acceptors (Lipinski definition) is 6. The zero-order valence-electron chi connectivity index (χ0n) is 18.2. The van der Waals surface area contributed by atoms with E-state index in [-0.39, 0.29) is 23.7 Å². The fourth-order valence-electron chi connectivity index (χ4n) is 4.47. The van der Waals surface area contributed by atoms with Crippen molar-refractivity contribution in [1.29, 1.82) is 0 Å². The van der Waals surface area contributed by atoms with Crippen LogP contribution in [0.25, 0.3) is 0 Å². The van der Waals surface area contributed by atoms with E-state index in [1.807, 2.05) is 17.0 Å². The van der Waals surface area contributed by atoms with Gasteiger partial charge in [0.05, 0.1) is 21.3 Å². The fourth-order valence-corrected chi connectivity index (χ4v) is 4.47. The predicted molar refractivity (Wildman–Crippen MR) is 113 cm³/mol. The van der Waals surface area contributed by atoms with Crippen molar-refractivity contribution in [2.24, 2.45) is 17.6 Å². The molecule has 2 fully saturated rings. The summed E-state index contributed by atoms with van der Waals surface area (Å²) in [5, 5.41) is 0. The summed E-state index contributed by atoms with van der Waals surface area (Å²) in [5.74, 6) is 1.84. The predicted octanol–water partition coefficient (Wildman–Crippen LogP) is 1.65. The second-order valence-corrected chi connectivity index (χ2v) is 8.09. The fraction of sp³-hybridized carbons (Fsp3) is 0.636. The minimum atomic E-state index is -0.248. The Morgan fingerprint density at radius 1 is 0.900 bits per heavy atom. The van der Waals surface area contributed by atoms with Crippen molar-refractivity contribution in [1.82, 2.24) is 9.80 Å². The third-order valence-electron chi connectivity index (χ3n) is 6.28. The number of rotatable bonds is 7. The average molecular weight is 420 g/mol. The van der Waals surface area contributed by atoms with Gasteiger partial charge >= 0.3 is 0 Å². The monoisotopic (exact) mass is 419 g/mol. The van der Waals surface area contributed by atoms with Gasteiger partial charge < -0.3 is 24.8 Å². The summed E-state index contributed by atoms with van der Waals surface area (Å²) < 4.78 is 16.3. The van der Waals surface area contributed by atoms with Crippen molar-refractivity contribution in [3.8, 4) is 17.2 Å². The maximum absolute atomic E-state index is 12.9. The zero-order chi connectivity index (χ0) is 21.7. The van der Waals surface area contributed by atoms with Gasteiger partial charge in [0.1, 0.15) is 0 Å². The van der Waals surface area contributed by atoms with E-state index >= 15 is 0 Å². The first-order chi connectivity index (χ1) is 14.5. The van der Waals surface area contributed by atoms with Gasteiger partial charge in [0, 0.05) is 31.5 Å². The molecular weight excluding hydrogens is 386 g/mol. The first-order valence-corrected chi connectivity index (χ1v) is 10.6. The first kappa shape index (κ1) is 22.2. The molecule has 0 saturated carbocycles. The lowest BCUT2D eigenvalue weighted by atomic mass is 9.91. The van der Waals surface area contributed by atoms with E-state index in [1.165, 1.54) is 0 Å². The molecule has 1 aromatic rings. The molecule has 0 atom stereocenters. The number of carbonyl (C=O) groups excluding carboxylic acids is 2. The highest BCUT2D eigenvalue weighted by atomic mass is 16.5. The normalized spacial score (nSPS) is 18.8. The highest BCUT2D eigenvalue weighted by molar-refractivity contribution is 5.80. The van der Waals surface area contributed by atoms with Crippen molar-refractivity contribution in [2.75, 3.05) is 47.5 Å². The lowest BCUT2D eigenvalue weighted by Crippen LogP contribution is -2.46. The van der Waals surface area contributed by atoms with Gasteiger partial charge in [0.2, 0.25) is 17.6 Å². The molecule has 2 aliphatic rings. The van der Waals surface area contributed by atoms with E-state index < -0.39 is 0 Å². The molecule has 1 aromatic carbocycles. The number of nitrogens with zero attached hydrogens (tertiary/aromatic N) is 2. The van der Waals surface area contributed by atoms with Crippen LogP contribution in [0, 0.1) is 11.8 Å². The highest BCUT2D eigenvalue weighted by Crippen LogP contribution is 2.38. The van der Waals surface area contributed by atoms with Crippen LogP contribution in [0.2, 0.25) is 0 Å². The summed E-state index contributed by atoms with van der Waals surface area (Å²) in [6.07, 6.45) is 3.06. The van der Waals surface area contributed by atoms with Gasteiger partial charge in [-0.25, -0.2) is 0 Å². The number of primary amides is 1. The van der Waals surface area contributed by atoms with E-state index in [2.05, 4.69) is 4.90 Å². The van der Waals surface area contributed by atoms with Crippen LogP contribution in [0.5, 0.6) is 17.2 Å². The van der Waals surface area contributed by atoms with Gasteiger partial charge in [0.25, 0.3) is 0 Å². The zero-order valence-corrected chi connectivity index (χ0v) is 18.2. The summed E-state index contributed by atoms with van der Waals surface area (Å²) in [4.78, 5) is 28.5. The van der Waals surface area contributed by atoms with Gasteiger partial charge in [-0.15, -0.1) is 0 Å². The molecule has 2 amide bonds. The summed E-state index contributed by atoms with van der Waals surface area (Å²) in [7, 11) is 4.83. The molecule has 2 aliphatic heterocycles. The summed E-state index contributed by atoms with van der Waals surface area (Å²) >= 11 is 0. The number of likely N-dealkylation sites (tertiary alicyclic amines) is 2. The number of amides is 2. The Balaban J connectivity index is 1.54. The first-order valence-electron chi connectivity index (χ1n) is 10.6. The number of methoxy groups -OCH3 is 3. The lowest BCUT2D eigenvalue weighted by Gasteiger charge is -2.36. The molecular formula is C22H33N3O5. The molecule has 2 saturated heterocycles. The van der Waals surface area contributed by atoms with Gasteiger partial charge in [-0.3, -0.25) is 14.5 Å². The Labute approximate surface area is 178 Å². The number of ether oxygens (including phenoxy) is 3. The van der Waals surface area contributed by atoms with Crippen LogP contribution in [0.15, 0.2) is 12.1 Å². The molecule has 30 heavy (non-hydrogen) atoms. The van der Waals surface area contributed by atoms with E-state index in [9.17, 15) is 9.59 Å². The van der Waals surface area contributed by atoms with Crippen LogP contribution >= 0.6 is 0 Å². The summed E-state index contributed by atoms with van der Waals surface area (Å²) in [6.45, 7) is 3.77. The van der Waals surface area contributed by atoms with Gasteiger partial charge in [0.15, 0.2) is 11.5 Å². The van der Waals surface area contributed by atoms with E-state index in [4.69, 9.17) is 19.9 Å². The summed E-state index contributed by atoms with van der Waals surface area (Å²) in [6, 6.07) is 3.95. The summed E-state index contributed by atoms with van der Waals surface area (Å²) in [5.41, 5.74) is 6.48. The van der Waals surface area contributed by atoms with E-state index in [1.54, 1.807) is 21.3 Å². The lowest BCUT2D eigenvalue weighted by molar-refractivity contribution is -0.140. The number of carbonyl (C=O) groups is 2. The molecule has 0 unspecified atom stereocenters. The molecule has 0 bridgehead atoms. The molecule has 2 heterocycles. The van der Waals surface area contributed by atoms with Crippen LogP contribution in [-0.4, -0.2) is 69.1 Å². The third kappa shape index (κ3) is 4.98. The van der Waals surface area contributed by atoms with Crippen LogP contribution in [0.4, 0.5) is 0 Å². The molecule has 8 nitrogen and oxygen atoms in total. The average Bonchev–Trinajstić information content (AvgIpc) is 2.78. The van der Waals surface area contributed by atoms with Gasteiger partial charge in [-0.05, 0) is 56.5 Å². The van der Waals surface area contributed by atoms with Crippen LogP contribution in [-0.2, 0) is 16.1 Å². The maximum atomic E-state index is 12.9. The number of hydrogen-bond donors (Lipinski definition) is 1. The van der Waals surface area contributed by atoms with Crippen molar-refractivity contribution in [3.05, 3.63) is 17.7 Å². The second-order valence-electron chi connectivity index (χ2n) is 8.09. The quantitative estimate of drug-likeness (QED) is 0.722. The highest BCUT2D eigenvalue weighted by Gasteiger charge is 2.32. The molecule has 0 aromatic heterocycles. The molecule has 0 aliphatic carbocycles. The minimum absolute atomic E-state index is 0.0614. The minimum Gasteiger partial charge on any atom is -0.493 e. The molecule has 3 rings (SSSR count). The SMILES string of the molecule is COc1cc(CN2CCC(C(=O)N3CCC(C(N)=O)CC3)CC2)cc(OC)c1OC. The molecule has 0 radical (unpaired) electrons. The van der Waals surface area contributed by atoms with Crippen molar-refractivity contribution >= 4 is 11.8 Å². The van der Waals surface area contributed by atoms with Crippen LogP contribution < -0.4 is 19.9 Å². The number of nitrogens with two attached hydrogens (primary N) is 1. The standard InChI is InChI=1S/C22H33N3O5/c1-28-18-12-15(13-19(29-2)20(18)30-3)14-24-8-4-17(5-9-24)22(27)25-10-6-16(7-11-25)21(23)26/h12-13,16-17H,4-11,14H2,1-3H3,(H2,23,26). The smallest absolute Gasteiger partial charge is 0.225 e. The Kier molecular flexibility index (Phi) is 7.42. The Hall–Kier alpha value is -2.48. The largest absolute Gasteiger partial charge is 0.493 e. The number of piperidine rings is 2. The molecule has 8 heteroatoms. The van der Waals surface area contributed by atoms with Gasteiger partial charge in [-0.1, -0.05) is 0 Å². The van der Waals surface area contributed by atoms with Crippen molar-refractivity contribution < 1.29 is 23.8 Å². The van der Waals surface area contributed by atoms with Crippen LogP contribution in [0.1, 0.15) is 31.2 Å². The third-order valence-corrected chi connectivity index (χ3v) is 6.28. The molecule has 2 N–H and O–H groups in total. The van der Waals surface area contributed by atoms with Crippen LogP contribution in [0.3, 0.4) is 0 Å². The van der Waals surface area contributed by atoms with Crippen molar-refractivity contribution in [3.63, 3.8) is 0 Å². The maximum Gasteiger partial charge on any atom is 0.225 e. The topological polar surface area (TPSA) is 94.3 Å². The van der Waals surface area contributed by atoms with E-state index in [0.717, 1.165) is 38.0 Å². The number of benzene rings is 1. The van der Waals surface area contributed by atoms with Crippen molar-refractivity contribution in [2.45, 2.75) is 32.2 Å². The second kappa shape index (κ2) is 10.0. The van der Waals surface area contributed by atoms with Gasteiger partial charge in [-0.2, -0.15) is 0 Å². The Bertz CT molecular complexity index is 728. The molecule has 0 spiro atoms. The molecule has 166 valence electrons.